The van der Waals surface area contributed by atoms with Gasteiger partial charge in [-0.2, -0.15) is 0 Å². The number of primary amides is 1. The number of rotatable bonds is 8. The third kappa shape index (κ3) is 5.12. The third-order valence-corrected chi connectivity index (χ3v) is 6.00. The molecule has 1 atom stereocenters. The molecule has 0 unspecified atom stereocenters. The van der Waals surface area contributed by atoms with E-state index in [0.29, 0.717) is 28.2 Å². The van der Waals surface area contributed by atoms with Gasteiger partial charge in [-0.1, -0.05) is 29.4 Å². The monoisotopic (exact) mass is 435 g/mol. The van der Waals surface area contributed by atoms with Crippen molar-refractivity contribution in [3.05, 3.63) is 46.8 Å². The maximum atomic E-state index is 12.5. The largest absolute Gasteiger partial charge is 0.370 e. The molecular weight excluding hydrogens is 418 g/mol. The summed E-state index contributed by atoms with van der Waals surface area (Å²) in [7, 11) is 0. The lowest BCUT2D eigenvalue weighted by atomic mass is 10.3. The highest BCUT2D eigenvalue weighted by Gasteiger charge is 2.21. The first-order valence-electron chi connectivity index (χ1n) is 8.42. The van der Waals surface area contributed by atoms with Gasteiger partial charge in [-0.3, -0.25) is 9.59 Å². The van der Waals surface area contributed by atoms with Crippen molar-refractivity contribution in [3.63, 3.8) is 0 Å². The minimum atomic E-state index is -0.427. The molecule has 2 heterocycles. The lowest BCUT2D eigenvalue weighted by molar-refractivity contribution is -0.118. The van der Waals surface area contributed by atoms with Crippen LogP contribution in [0.1, 0.15) is 13.3 Å². The van der Waals surface area contributed by atoms with Crippen LogP contribution in [0.2, 0.25) is 5.02 Å². The molecule has 3 rings (SSSR count). The maximum absolute atomic E-state index is 12.5. The van der Waals surface area contributed by atoms with Gasteiger partial charge in [0.1, 0.15) is 0 Å². The van der Waals surface area contributed by atoms with Crippen molar-refractivity contribution in [2.45, 2.75) is 30.3 Å². The number of thiophene rings is 1. The summed E-state index contributed by atoms with van der Waals surface area (Å²) < 4.78 is 1.83. The van der Waals surface area contributed by atoms with Gasteiger partial charge in [0.25, 0.3) is 0 Å². The van der Waals surface area contributed by atoms with E-state index in [1.807, 2.05) is 22.1 Å². The van der Waals surface area contributed by atoms with Crippen molar-refractivity contribution in [1.29, 1.82) is 0 Å². The fourth-order valence-electron chi connectivity index (χ4n) is 2.38. The van der Waals surface area contributed by atoms with Gasteiger partial charge in [-0.15, -0.1) is 21.5 Å². The molecule has 0 fully saturated rings. The zero-order valence-corrected chi connectivity index (χ0v) is 17.4. The fraction of sp³-hybridized carbons (Fsp3) is 0.222. The van der Waals surface area contributed by atoms with Crippen LogP contribution in [0.5, 0.6) is 0 Å². The Hall–Kier alpha value is -2.36. The fourth-order valence-corrected chi connectivity index (χ4v) is 4.09. The number of aromatic nitrogens is 3. The van der Waals surface area contributed by atoms with E-state index >= 15 is 0 Å². The number of benzene rings is 1. The molecule has 0 spiro atoms. The highest BCUT2D eigenvalue weighted by atomic mass is 35.5. The Bertz CT molecular complexity index is 957. The van der Waals surface area contributed by atoms with E-state index in [1.165, 1.54) is 23.1 Å². The molecule has 3 aromatic rings. The number of hydrogen-bond acceptors (Lipinski definition) is 6. The number of anilines is 1. The molecule has 3 N–H and O–H groups in total. The van der Waals surface area contributed by atoms with Crippen LogP contribution in [0.15, 0.2) is 46.9 Å². The van der Waals surface area contributed by atoms with Gasteiger partial charge < -0.3 is 15.6 Å². The van der Waals surface area contributed by atoms with Gasteiger partial charge in [-0.25, -0.2) is 0 Å². The molecule has 2 amide bonds. The molecular formula is C18H18ClN5O2S2. The van der Waals surface area contributed by atoms with Crippen molar-refractivity contribution in [3.8, 4) is 10.7 Å². The molecule has 10 heteroatoms. The first-order chi connectivity index (χ1) is 13.4. The van der Waals surface area contributed by atoms with Crippen LogP contribution in [0.4, 0.5) is 5.69 Å². The number of hydrogen-bond donors (Lipinski definition) is 2. The molecule has 28 heavy (non-hydrogen) atoms. The van der Waals surface area contributed by atoms with Crippen molar-refractivity contribution in [2.75, 3.05) is 5.32 Å². The summed E-state index contributed by atoms with van der Waals surface area (Å²) in [5.74, 6) is 0.0776. The summed E-state index contributed by atoms with van der Waals surface area (Å²) in [5.41, 5.74) is 5.97. The molecule has 1 aromatic carbocycles. The maximum Gasteiger partial charge on any atom is 0.237 e. The average Bonchev–Trinajstić information content (AvgIpc) is 3.31. The Kier molecular flexibility index (Phi) is 6.71. The zero-order valence-electron chi connectivity index (χ0n) is 15.0. The van der Waals surface area contributed by atoms with E-state index in [2.05, 4.69) is 15.5 Å². The normalized spacial score (nSPS) is 11.9. The van der Waals surface area contributed by atoms with E-state index in [4.69, 9.17) is 17.3 Å². The van der Waals surface area contributed by atoms with Gasteiger partial charge in [0, 0.05) is 23.7 Å². The standard InChI is InChI=1S/C18H18ClN5O2S2/c1-11(17(26)21-13-6-4-12(19)5-7-13)28-18-23-22-16(14-3-2-10-27-14)24(18)9-8-15(20)25/h2-7,10-11H,8-9H2,1H3,(H2,20,25)(H,21,26)/t11-/m0/s1. The number of nitrogens with two attached hydrogens (primary N) is 1. The second-order valence-electron chi connectivity index (χ2n) is 5.91. The van der Waals surface area contributed by atoms with Crippen LogP contribution in [0, 0.1) is 0 Å². The summed E-state index contributed by atoms with van der Waals surface area (Å²) >= 11 is 8.67. The summed E-state index contributed by atoms with van der Waals surface area (Å²) in [6.45, 7) is 2.14. The highest BCUT2D eigenvalue weighted by Crippen LogP contribution is 2.30. The minimum Gasteiger partial charge on any atom is -0.370 e. The van der Waals surface area contributed by atoms with Crippen LogP contribution < -0.4 is 11.1 Å². The average molecular weight is 436 g/mol. The third-order valence-electron chi connectivity index (χ3n) is 3.80. The SMILES string of the molecule is C[C@H](Sc1nnc(-c2cccs2)n1CCC(N)=O)C(=O)Nc1ccc(Cl)cc1. The topological polar surface area (TPSA) is 103 Å². The van der Waals surface area contributed by atoms with Crippen molar-refractivity contribution < 1.29 is 9.59 Å². The van der Waals surface area contributed by atoms with Gasteiger partial charge in [-0.05, 0) is 42.6 Å². The molecule has 0 aliphatic carbocycles. The summed E-state index contributed by atoms with van der Waals surface area (Å²) in [4.78, 5) is 24.7. The Balaban J connectivity index is 1.75. The van der Waals surface area contributed by atoms with Gasteiger partial charge in [0.15, 0.2) is 11.0 Å². The van der Waals surface area contributed by atoms with E-state index < -0.39 is 11.2 Å². The van der Waals surface area contributed by atoms with Gasteiger partial charge in [0.05, 0.1) is 10.1 Å². The molecule has 0 saturated carbocycles. The Morgan fingerprint density at radius 1 is 1.29 bits per heavy atom. The smallest absolute Gasteiger partial charge is 0.237 e. The first kappa shape index (κ1) is 20.4. The summed E-state index contributed by atoms with van der Waals surface area (Å²) in [6, 6.07) is 10.7. The van der Waals surface area contributed by atoms with Crippen molar-refractivity contribution in [1.82, 2.24) is 14.8 Å². The molecule has 7 nitrogen and oxygen atoms in total. The van der Waals surface area contributed by atoms with Crippen LogP contribution >= 0.6 is 34.7 Å². The van der Waals surface area contributed by atoms with E-state index in [-0.39, 0.29) is 12.3 Å². The van der Waals surface area contributed by atoms with E-state index in [1.54, 1.807) is 31.2 Å². The quantitative estimate of drug-likeness (QED) is 0.525. The molecule has 0 radical (unpaired) electrons. The van der Waals surface area contributed by atoms with Gasteiger partial charge in [0.2, 0.25) is 11.8 Å². The van der Waals surface area contributed by atoms with Crippen molar-refractivity contribution >= 4 is 52.2 Å². The summed E-state index contributed by atoms with van der Waals surface area (Å²) in [6.07, 6.45) is 0.162. The second kappa shape index (κ2) is 9.22. The minimum absolute atomic E-state index is 0.162. The number of nitrogens with zero attached hydrogens (tertiary/aromatic N) is 3. The van der Waals surface area contributed by atoms with Gasteiger partial charge >= 0.3 is 0 Å². The van der Waals surface area contributed by atoms with Crippen LogP contribution in [0.3, 0.4) is 0 Å². The predicted octanol–water partition coefficient (Wildman–Crippen LogP) is 3.65. The number of thioether (sulfide) groups is 1. The Morgan fingerprint density at radius 2 is 2.04 bits per heavy atom. The molecule has 0 bridgehead atoms. The number of halogens is 1. The van der Waals surface area contributed by atoms with E-state index in [0.717, 1.165) is 4.88 Å². The van der Waals surface area contributed by atoms with Crippen molar-refractivity contribution in [2.24, 2.45) is 5.73 Å². The number of nitrogens with one attached hydrogen (secondary N) is 1. The van der Waals surface area contributed by atoms with Crippen LogP contribution in [-0.4, -0.2) is 31.8 Å². The predicted molar refractivity (Wildman–Crippen MR) is 113 cm³/mol. The molecule has 0 aliphatic rings. The molecule has 0 aliphatic heterocycles. The number of carbonyl (C=O) groups is 2. The first-order valence-corrected chi connectivity index (χ1v) is 10.6. The van der Waals surface area contributed by atoms with Crippen LogP contribution in [-0.2, 0) is 16.1 Å². The molecule has 0 saturated heterocycles. The van der Waals surface area contributed by atoms with E-state index in [9.17, 15) is 9.59 Å². The second-order valence-corrected chi connectivity index (χ2v) is 8.60. The molecule has 2 aromatic heterocycles. The lowest BCUT2D eigenvalue weighted by Crippen LogP contribution is -2.23. The Morgan fingerprint density at radius 3 is 2.68 bits per heavy atom. The lowest BCUT2D eigenvalue weighted by Gasteiger charge is -2.13. The zero-order chi connectivity index (χ0) is 20.1. The number of carbonyl (C=O) groups excluding carboxylic acids is 2. The summed E-state index contributed by atoms with van der Waals surface area (Å²) in [5, 5.41) is 14.0. The molecule has 146 valence electrons. The van der Waals surface area contributed by atoms with Crippen LogP contribution in [0.25, 0.3) is 10.7 Å². The highest BCUT2D eigenvalue weighted by molar-refractivity contribution is 8.00. The number of amides is 2. The Labute approximate surface area is 175 Å².